The van der Waals surface area contributed by atoms with Gasteiger partial charge in [-0.05, 0) is 37.1 Å². The van der Waals surface area contributed by atoms with Gasteiger partial charge in [0.2, 0.25) is 10.0 Å². The lowest BCUT2D eigenvalue weighted by Crippen LogP contribution is -2.36. The van der Waals surface area contributed by atoms with Gasteiger partial charge in [-0.2, -0.15) is 0 Å². The second kappa shape index (κ2) is 10.1. The Bertz CT molecular complexity index is 676. The van der Waals surface area contributed by atoms with Crippen LogP contribution in [-0.4, -0.2) is 33.9 Å². The maximum atomic E-state index is 11.9. The average molecular weight is 347 g/mol. The van der Waals surface area contributed by atoms with Crippen LogP contribution in [0.2, 0.25) is 0 Å². The first-order valence-electron chi connectivity index (χ1n) is 8.17. The maximum absolute atomic E-state index is 11.9. The Morgan fingerprint density at radius 2 is 1.46 bits per heavy atom. The molecule has 2 aromatic carbocycles. The van der Waals surface area contributed by atoms with Crippen molar-refractivity contribution in [2.45, 2.75) is 12.8 Å². The highest BCUT2D eigenvalue weighted by Gasteiger charge is 2.08. The Morgan fingerprint density at radius 1 is 0.792 bits per heavy atom. The van der Waals surface area contributed by atoms with Crippen LogP contribution in [0.1, 0.15) is 12.0 Å². The number of rotatable bonds is 11. The average Bonchev–Trinajstić information content (AvgIpc) is 2.60. The molecule has 0 saturated heterocycles. The lowest BCUT2D eigenvalue weighted by molar-refractivity contribution is 0.571. The molecule has 0 saturated carbocycles. The number of aryl methyl sites for hydroxylation is 1. The largest absolute Gasteiger partial charge is 0.384 e. The van der Waals surface area contributed by atoms with E-state index >= 15 is 0 Å². The molecule has 0 bridgehead atoms. The number of benzene rings is 2. The molecule has 0 radical (unpaired) electrons. The summed E-state index contributed by atoms with van der Waals surface area (Å²) in [5.41, 5.74) is 2.25. The number of sulfonamides is 1. The summed E-state index contributed by atoms with van der Waals surface area (Å²) in [5.74, 6) is -0.0485. The molecule has 0 fully saturated rings. The second-order valence-corrected chi connectivity index (χ2v) is 7.34. The topological polar surface area (TPSA) is 70.2 Å². The molecule has 0 unspecified atom stereocenters. The van der Waals surface area contributed by atoms with E-state index in [4.69, 9.17) is 0 Å². The quantitative estimate of drug-likeness (QED) is 0.545. The molecule has 2 rings (SSSR count). The fourth-order valence-electron chi connectivity index (χ4n) is 2.29. The summed E-state index contributed by atoms with van der Waals surface area (Å²) in [4.78, 5) is 0. The predicted molar refractivity (Wildman–Crippen MR) is 99.5 cm³/mol. The Kier molecular flexibility index (Phi) is 7.74. The van der Waals surface area contributed by atoms with Crippen LogP contribution in [0.15, 0.2) is 60.7 Å². The van der Waals surface area contributed by atoms with Crippen molar-refractivity contribution in [1.82, 2.24) is 10.0 Å². The SMILES string of the molecule is O=S(=O)(CNCCCc1ccccc1)NCCNc1ccccc1. The summed E-state index contributed by atoms with van der Waals surface area (Å²) in [7, 11) is -3.28. The molecule has 0 aliphatic carbocycles. The Hall–Kier alpha value is -1.89. The van der Waals surface area contributed by atoms with Crippen LogP contribution in [0.25, 0.3) is 0 Å². The lowest BCUT2D eigenvalue weighted by atomic mass is 10.1. The third-order valence-electron chi connectivity index (χ3n) is 3.50. The van der Waals surface area contributed by atoms with Gasteiger partial charge in [0, 0.05) is 18.8 Å². The zero-order valence-corrected chi connectivity index (χ0v) is 14.6. The first kappa shape index (κ1) is 18.4. The lowest BCUT2D eigenvalue weighted by Gasteiger charge is -2.09. The molecule has 0 atom stereocenters. The van der Waals surface area contributed by atoms with Gasteiger partial charge in [0.05, 0.1) is 0 Å². The zero-order valence-electron chi connectivity index (χ0n) is 13.7. The fourth-order valence-corrected chi connectivity index (χ4v) is 3.22. The highest BCUT2D eigenvalue weighted by atomic mass is 32.2. The van der Waals surface area contributed by atoms with Crippen molar-refractivity contribution in [3.8, 4) is 0 Å². The molecule has 24 heavy (non-hydrogen) atoms. The van der Waals surface area contributed by atoms with E-state index in [0.717, 1.165) is 18.5 Å². The first-order valence-corrected chi connectivity index (χ1v) is 9.82. The van der Waals surface area contributed by atoms with E-state index in [9.17, 15) is 8.42 Å². The van der Waals surface area contributed by atoms with Crippen LogP contribution < -0.4 is 15.4 Å². The summed E-state index contributed by atoms with van der Waals surface area (Å²) in [6, 6.07) is 19.9. The minimum Gasteiger partial charge on any atom is -0.384 e. The van der Waals surface area contributed by atoms with E-state index in [-0.39, 0.29) is 5.88 Å². The molecule has 2 aromatic rings. The van der Waals surface area contributed by atoms with Gasteiger partial charge in [0.15, 0.2) is 0 Å². The highest BCUT2D eigenvalue weighted by molar-refractivity contribution is 7.89. The minimum absolute atomic E-state index is 0.0485. The molecule has 0 amide bonds. The zero-order chi connectivity index (χ0) is 17.1. The molecule has 0 aliphatic heterocycles. The van der Waals surface area contributed by atoms with Crippen molar-refractivity contribution in [2.24, 2.45) is 0 Å². The normalized spacial score (nSPS) is 11.3. The first-order chi connectivity index (χ1) is 11.7. The van der Waals surface area contributed by atoms with Gasteiger partial charge in [0.1, 0.15) is 5.88 Å². The van der Waals surface area contributed by atoms with Gasteiger partial charge in [-0.25, -0.2) is 13.1 Å². The van der Waals surface area contributed by atoms with E-state index in [2.05, 4.69) is 27.5 Å². The van der Waals surface area contributed by atoms with Gasteiger partial charge >= 0.3 is 0 Å². The van der Waals surface area contributed by atoms with Crippen molar-refractivity contribution in [3.63, 3.8) is 0 Å². The van der Waals surface area contributed by atoms with Gasteiger partial charge in [-0.15, -0.1) is 0 Å². The molecule has 0 aliphatic rings. The molecule has 130 valence electrons. The van der Waals surface area contributed by atoms with Crippen molar-refractivity contribution >= 4 is 15.7 Å². The maximum Gasteiger partial charge on any atom is 0.224 e. The van der Waals surface area contributed by atoms with Crippen LogP contribution in [-0.2, 0) is 16.4 Å². The number of anilines is 1. The Morgan fingerprint density at radius 3 is 2.17 bits per heavy atom. The highest BCUT2D eigenvalue weighted by Crippen LogP contribution is 2.03. The molecular weight excluding hydrogens is 322 g/mol. The summed E-state index contributed by atoms with van der Waals surface area (Å²) < 4.78 is 26.3. The third-order valence-corrected chi connectivity index (χ3v) is 4.73. The van der Waals surface area contributed by atoms with Crippen LogP contribution in [0, 0.1) is 0 Å². The fraction of sp³-hybridized carbons (Fsp3) is 0.333. The van der Waals surface area contributed by atoms with E-state index < -0.39 is 10.0 Å². The molecule has 6 heteroatoms. The second-order valence-electron chi connectivity index (χ2n) is 5.54. The summed E-state index contributed by atoms with van der Waals surface area (Å²) >= 11 is 0. The Labute approximate surface area is 144 Å². The van der Waals surface area contributed by atoms with Gasteiger partial charge in [-0.3, -0.25) is 0 Å². The van der Waals surface area contributed by atoms with Crippen LogP contribution >= 0.6 is 0 Å². The van der Waals surface area contributed by atoms with Crippen molar-refractivity contribution < 1.29 is 8.42 Å². The van der Waals surface area contributed by atoms with Crippen molar-refractivity contribution in [1.29, 1.82) is 0 Å². The molecule has 0 heterocycles. The monoisotopic (exact) mass is 347 g/mol. The standard InChI is InChI=1S/C18H25N3O2S/c22-24(23,21-15-14-20-18-11-5-2-6-12-18)16-19-13-7-10-17-8-3-1-4-9-17/h1-6,8-9,11-12,19-21H,7,10,13-16H2. The summed E-state index contributed by atoms with van der Waals surface area (Å²) in [6.07, 6.45) is 1.86. The minimum atomic E-state index is -3.28. The molecular formula is C18H25N3O2S. The van der Waals surface area contributed by atoms with Crippen LogP contribution in [0.5, 0.6) is 0 Å². The molecule has 5 nitrogen and oxygen atoms in total. The number of para-hydroxylation sites is 1. The molecule has 0 aromatic heterocycles. The summed E-state index contributed by atoms with van der Waals surface area (Å²) in [5, 5.41) is 6.15. The smallest absolute Gasteiger partial charge is 0.224 e. The third kappa shape index (κ3) is 7.59. The van der Waals surface area contributed by atoms with Crippen molar-refractivity contribution in [2.75, 3.05) is 30.8 Å². The van der Waals surface area contributed by atoms with E-state index in [0.29, 0.717) is 19.6 Å². The summed E-state index contributed by atoms with van der Waals surface area (Å²) in [6.45, 7) is 1.60. The predicted octanol–water partition coefficient (Wildman–Crippen LogP) is 2.20. The molecule has 0 spiro atoms. The number of hydrogen-bond donors (Lipinski definition) is 3. The Balaban J connectivity index is 1.54. The van der Waals surface area contributed by atoms with Gasteiger partial charge < -0.3 is 10.6 Å². The van der Waals surface area contributed by atoms with Gasteiger partial charge in [0.25, 0.3) is 0 Å². The van der Waals surface area contributed by atoms with Crippen molar-refractivity contribution in [3.05, 3.63) is 66.2 Å². The van der Waals surface area contributed by atoms with E-state index in [1.807, 2.05) is 48.5 Å². The number of nitrogens with one attached hydrogen (secondary N) is 3. The van der Waals surface area contributed by atoms with E-state index in [1.165, 1.54) is 5.56 Å². The molecule has 3 N–H and O–H groups in total. The van der Waals surface area contributed by atoms with Gasteiger partial charge in [-0.1, -0.05) is 48.5 Å². The number of hydrogen-bond acceptors (Lipinski definition) is 4. The van der Waals surface area contributed by atoms with E-state index in [1.54, 1.807) is 0 Å². The van der Waals surface area contributed by atoms with Crippen LogP contribution in [0.3, 0.4) is 0 Å². The van der Waals surface area contributed by atoms with Crippen LogP contribution in [0.4, 0.5) is 5.69 Å².